The number of alkyl halides is 3. The minimum Gasteiger partial charge on any atom is -0.545 e. The number of halogens is 3. The van der Waals surface area contributed by atoms with Crippen LogP contribution in [-0.2, 0) is 11.8 Å². The molecule has 2 rings (SSSR count). The third-order valence-corrected chi connectivity index (χ3v) is 3.92. The maximum Gasteiger partial charge on any atom is 0.419 e. The normalized spacial score (nSPS) is 14.0. The highest BCUT2D eigenvalue weighted by atomic mass is 19.4. The number of benzene rings is 2. The Hall–Kier alpha value is -2.50. The molecule has 0 saturated carbocycles. The summed E-state index contributed by atoms with van der Waals surface area (Å²) in [6.45, 7) is 3.44. The van der Waals surface area contributed by atoms with Crippen molar-refractivity contribution in [2.24, 2.45) is 0 Å². The zero-order valence-electron chi connectivity index (χ0n) is 13.2. The summed E-state index contributed by atoms with van der Waals surface area (Å²) < 4.78 is 45.3. The van der Waals surface area contributed by atoms with Gasteiger partial charge in [0.05, 0.1) is 11.5 Å². The first-order valence-corrected chi connectivity index (χ1v) is 7.34. The van der Waals surface area contributed by atoms with Gasteiger partial charge in [-0.2, -0.15) is 13.2 Å². The predicted molar refractivity (Wildman–Crippen MR) is 80.5 cm³/mol. The Labute approximate surface area is 137 Å². The Balaban J connectivity index is 2.53. The van der Waals surface area contributed by atoms with E-state index in [0.717, 1.165) is 12.1 Å². The van der Waals surface area contributed by atoms with Crippen molar-refractivity contribution in [3.63, 3.8) is 0 Å². The van der Waals surface area contributed by atoms with E-state index in [-0.39, 0.29) is 5.56 Å². The van der Waals surface area contributed by atoms with Crippen molar-refractivity contribution in [3.05, 3.63) is 65.2 Å². The molecule has 0 spiro atoms. The average molecular weight is 337 g/mol. The molecular weight excluding hydrogens is 321 g/mol. The van der Waals surface area contributed by atoms with Gasteiger partial charge in [0.25, 0.3) is 0 Å². The molecule has 0 N–H and O–H groups in total. The monoisotopic (exact) mass is 337 g/mol. The van der Waals surface area contributed by atoms with Gasteiger partial charge < -0.3 is 14.6 Å². The largest absolute Gasteiger partial charge is 0.545 e. The van der Waals surface area contributed by atoms with Gasteiger partial charge in [-0.05, 0) is 31.0 Å². The minimum absolute atomic E-state index is 0.371. The van der Waals surface area contributed by atoms with Crippen LogP contribution in [0.15, 0.2) is 48.5 Å². The van der Waals surface area contributed by atoms with Crippen molar-refractivity contribution >= 4 is 5.97 Å². The zero-order valence-corrected chi connectivity index (χ0v) is 13.2. The fraction of sp³-hybridized carbons (Fsp3) is 0.278. The minimum atomic E-state index is -4.66. The van der Waals surface area contributed by atoms with E-state index in [1.54, 1.807) is 44.2 Å². The van der Waals surface area contributed by atoms with Gasteiger partial charge >= 0.3 is 6.18 Å². The lowest BCUT2D eigenvalue weighted by Gasteiger charge is -2.31. The second kappa shape index (κ2) is 6.55. The number of aromatic carboxylic acids is 1. The highest BCUT2D eigenvalue weighted by Crippen LogP contribution is 2.40. The van der Waals surface area contributed by atoms with Crippen molar-refractivity contribution in [3.8, 4) is 5.75 Å². The van der Waals surface area contributed by atoms with Gasteiger partial charge in [-0.15, -0.1) is 0 Å². The molecular formula is C18H16F3O3-. The molecule has 0 amide bonds. The van der Waals surface area contributed by atoms with Crippen LogP contribution < -0.4 is 9.84 Å². The van der Waals surface area contributed by atoms with Crippen LogP contribution in [0.3, 0.4) is 0 Å². The topological polar surface area (TPSA) is 49.4 Å². The number of hydrogen-bond donors (Lipinski definition) is 0. The first kappa shape index (κ1) is 17.8. The third kappa shape index (κ3) is 3.69. The van der Waals surface area contributed by atoms with Crippen molar-refractivity contribution in [1.82, 2.24) is 0 Å². The second-order valence-electron chi connectivity index (χ2n) is 5.55. The van der Waals surface area contributed by atoms with E-state index in [1.165, 1.54) is 0 Å². The number of carboxylic acids is 1. The van der Waals surface area contributed by atoms with Gasteiger partial charge in [-0.3, -0.25) is 0 Å². The third-order valence-electron chi connectivity index (χ3n) is 3.92. The lowest BCUT2D eigenvalue weighted by atomic mass is 9.92. The van der Waals surface area contributed by atoms with E-state index in [0.29, 0.717) is 18.1 Å². The van der Waals surface area contributed by atoms with Gasteiger partial charge in [0.1, 0.15) is 11.4 Å². The molecule has 6 heteroatoms. The van der Waals surface area contributed by atoms with Crippen LogP contribution in [0, 0.1) is 0 Å². The van der Waals surface area contributed by atoms with Gasteiger partial charge in [0, 0.05) is 5.56 Å². The Kier molecular flexibility index (Phi) is 4.87. The Bertz CT molecular complexity index is 726. The van der Waals surface area contributed by atoms with Crippen LogP contribution in [0.1, 0.15) is 41.8 Å². The lowest BCUT2D eigenvalue weighted by Crippen LogP contribution is -2.30. The number of rotatable bonds is 5. The van der Waals surface area contributed by atoms with Crippen LogP contribution in [0.4, 0.5) is 13.2 Å². The van der Waals surface area contributed by atoms with Gasteiger partial charge in [-0.1, -0.05) is 43.3 Å². The maximum absolute atomic E-state index is 13.2. The number of carbonyl (C=O) groups excluding carboxylic acids is 1. The summed E-state index contributed by atoms with van der Waals surface area (Å²) in [5.41, 5.74) is -1.74. The second-order valence-corrected chi connectivity index (χ2v) is 5.55. The highest BCUT2D eigenvalue weighted by Gasteiger charge is 2.37. The molecule has 2 aromatic rings. The molecule has 0 fully saturated rings. The lowest BCUT2D eigenvalue weighted by molar-refractivity contribution is -0.255. The van der Waals surface area contributed by atoms with Crippen molar-refractivity contribution in [2.75, 3.05) is 0 Å². The molecule has 2 aromatic carbocycles. The highest BCUT2D eigenvalue weighted by molar-refractivity contribution is 5.86. The van der Waals surface area contributed by atoms with E-state index in [9.17, 15) is 23.1 Å². The molecule has 3 nitrogen and oxygen atoms in total. The van der Waals surface area contributed by atoms with E-state index in [1.807, 2.05) is 0 Å². The predicted octanol–water partition coefficient (Wildman–Crippen LogP) is 3.77. The Morgan fingerprint density at radius 3 is 2.25 bits per heavy atom. The molecule has 0 bridgehead atoms. The molecule has 1 atom stereocenters. The fourth-order valence-electron chi connectivity index (χ4n) is 2.34. The van der Waals surface area contributed by atoms with E-state index < -0.39 is 29.1 Å². The number of carboxylic acid groups (broad SMARTS) is 1. The summed E-state index contributed by atoms with van der Waals surface area (Å²) in [5.74, 6) is -2.09. The standard InChI is InChI=1S/C18H17F3O3/c1-3-17(2,13-7-5-4-6-8-13)24-15-11-12(16(22)23)9-10-14(15)18(19,20)21/h4-11H,3H2,1-2H3,(H,22,23)/p-1. The van der Waals surface area contributed by atoms with Crippen molar-refractivity contribution in [1.29, 1.82) is 0 Å². The molecule has 0 aliphatic rings. The summed E-state index contributed by atoms with van der Waals surface area (Å²) in [7, 11) is 0. The summed E-state index contributed by atoms with van der Waals surface area (Å²) >= 11 is 0. The summed E-state index contributed by atoms with van der Waals surface area (Å²) in [6, 6.07) is 11.2. The van der Waals surface area contributed by atoms with Gasteiger partial charge in [0.2, 0.25) is 0 Å². The van der Waals surface area contributed by atoms with Crippen molar-refractivity contribution < 1.29 is 27.8 Å². The molecule has 0 aromatic heterocycles. The smallest absolute Gasteiger partial charge is 0.419 e. The van der Waals surface area contributed by atoms with Crippen LogP contribution >= 0.6 is 0 Å². The van der Waals surface area contributed by atoms with Gasteiger partial charge in [0.15, 0.2) is 0 Å². The quantitative estimate of drug-likeness (QED) is 0.834. The number of ether oxygens (including phenoxy) is 1. The molecule has 0 heterocycles. The Morgan fingerprint density at radius 2 is 1.75 bits per heavy atom. The molecule has 0 saturated heterocycles. The average Bonchev–Trinajstić information content (AvgIpc) is 2.54. The van der Waals surface area contributed by atoms with Crippen LogP contribution in [0.2, 0.25) is 0 Å². The van der Waals surface area contributed by atoms with Crippen molar-refractivity contribution in [2.45, 2.75) is 32.0 Å². The van der Waals surface area contributed by atoms with E-state index in [2.05, 4.69) is 0 Å². The maximum atomic E-state index is 13.2. The summed E-state index contributed by atoms with van der Waals surface area (Å²) in [6.07, 6.45) is -4.27. The fourth-order valence-corrected chi connectivity index (χ4v) is 2.34. The molecule has 0 aliphatic carbocycles. The molecule has 128 valence electrons. The van der Waals surface area contributed by atoms with Crippen LogP contribution in [-0.4, -0.2) is 5.97 Å². The first-order chi connectivity index (χ1) is 11.2. The zero-order chi connectivity index (χ0) is 18.0. The Morgan fingerprint density at radius 1 is 1.12 bits per heavy atom. The molecule has 1 unspecified atom stereocenters. The SMILES string of the molecule is CCC(C)(Oc1cc(C(=O)[O-])ccc1C(F)(F)F)c1ccccc1. The number of hydrogen-bond acceptors (Lipinski definition) is 3. The molecule has 24 heavy (non-hydrogen) atoms. The molecule has 0 radical (unpaired) electrons. The summed E-state index contributed by atoms with van der Waals surface area (Å²) in [5, 5.41) is 11.0. The van der Waals surface area contributed by atoms with E-state index >= 15 is 0 Å². The van der Waals surface area contributed by atoms with Crippen LogP contribution in [0.25, 0.3) is 0 Å². The first-order valence-electron chi connectivity index (χ1n) is 7.34. The van der Waals surface area contributed by atoms with Gasteiger partial charge in [-0.25, -0.2) is 0 Å². The van der Waals surface area contributed by atoms with Crippen LogP contribution in [0.5, 0.6) is 5.75 Å². The molecule has 0 aliphatic heterocycles. The summed E-state index contributed by atoms with van der Waals surface area (Å²) in [4.78, 5) is 11.0. The number of carbonyl (C=O) groups is 1. The van der Waals surface area contributed by atoms with E-state index in [4.69, 9.17) is 4.74 Å².